The lowest BCUT2D eigenvalue weighted by molar-refractivity contribution is -0.136. The van der Waals surface area contributed by atoms with Crippen molar-refractivity contribution in [1.82, 2.24) is 10.2 Å². The quantitative estimate of drug-likeness (QED) is 0.540. The first kappa shape index (κ1) is 24.2. The van der Waals surface area contributed by atoms with Crippen LogP contribution >= 0.6 is 11.6 Å². The maximum absolute atomic E-state index is 13.3. The van der Waals surface area contributed by atoms with E-state index >= 15 is 0 Å². The first-order chi connectivity index (χ1) is 15.3. The number of halogens is 1. The van der Waals surface area contributed by atoms with Crippen LogP contribution in [0.5, 0.6) is 11.5 Å². The van der Waals surface area contributed by atoms with Crippen molar-refractivity contribution in [2.24, 2.45) is 11.8 Å². The smallest absolute Gasteiger partial charge is 0.226 e. The van der Waals surface area contributed by atoms with E-state index < -0.39 is 0 Å². The monoisotopic (exact) mass is 459 g/mol. The first-order valence-corrected chi connectivity index (χ1v) is 11.6. The van der Waals surface area contributed by atoms with E-state index in [4.69, 9.17) is 26.8 Å². The molecule has 174 valence electrons. The molecule has 6 nitrogen and oxygen atoms in total. The molecular weight excluding hydrogens is 426 g/mol. The second kappa shape index (κ2) is 11.4. The van der Waals surface area contributed by atoms with Crippen LogP contribution in [-0.2, 0) is 17.9 Å². The summed E-state index contributed by atoms with van der Waals surface area (Å²) in [6.07, 6.45) is 0.818. The largest absolute Gasteiger partial charge is 0.489 e. The number of nitrogen functional groups attached to an aromatic ring is 1. The molecule has 0 spiro atoms. The topological polar surface area (TPSA) is 76.8 Å². The number of carbonyl (C=O) groups is 1. The Morgan fingerprint density at radius 1 is 1.16 bits per heavy atom. The van der Waals surface area contributed by atoms with Crippen LogP contribution in [-0.4, -0.2) is 37.1 Å². The summed E-state index contributed by atoms with van der Waals surface area (Å²) in [4.78, 5) is 15.2. The van der Waals surface area contributed by atoms with Crippen LogP contribution in [0.4, 0.5) is 5.69 Å². The molecule has 1 aliphatic heterocycles. The van der Waals surface area contributed by atoms with E-state index in [1.54, 1.807) is 0 Å². The Bertz CT molecular complexity index is 919. The Hall–Kier alpha value is -2.44. The highest BCUT2D eigenvalue weighted by Gasteiger charge is 2.23. The number of nitrogens with two attached hydrogens (primary N) is 1. The third-order valence-corrected chi connectivity index (χ3v) is 5.57. The molecule has 0 aliphatic carbocycles. The van der Waals surface area contributed by atoms with Crippen LogP contribution in [0.25, 0.3) is 0 Å². The van der Waals surface area contributed by atoms with E-state index in [2.05, 4.69) is 19.2 Å². The van der Waals surface area contributed by atoms with Gasteiger partial charge in [-0.3, -0.25) is 4.79 Å². The van der Waals surface area contributed by atoms with Crippen molar-refractivity contribution in [2.45, 2.75) is 40.3 Å². The van der Waals surface area contributed by atoms with E-state index in [1.165, 1.54) is 0 Å². The molecule has 32 heavy (non-hydrogen) atoms. The number of nitrogens with zero attached hydrogens (tertiary/aromatic N) is 1. The highest BCUT2D eigenvalue weighted by Crippen LogP contribution is 2.38. The zero-order valence-corrected chi connectivity index (χ0v) is 20.0. The standard InChI is InChI=1S/C25H34ClN3O3/c1-17(2)15-29(16-20-11-22(26)24-23(12-20)31-8-5-9-32-24)25(30)18(3)13-28-14-19-6-4-7-21(27)10-19/h4,6-7,10-12,17-18,28H,5,8-9,13-16,27H2,1-3H3. The Morgan fingerprint density at radius 3 is 2.69 bits per heavy atom. The Kier molecular flexibility index (Phi) is 8.65. The average Bonchev–Trinajstić information content (AvgIpc) is 2.98. The summed E-state index contributed by atoms with van der Waals surface area (Å²) < 4.78 is 11.5. The van der Waals surface area contributed by atoms with Crippen LogP contribution in [0.3, 0.4) is 0 Å². The zero-order valence-electron chi connectivity index (χ0n) is 19.2. The van der Waals surface area contributed by atoms with Crippen molar-refractivity contribution in [1.29, 1.82) is 0 Å². The molecule has 1 heterocycles. The van der Waals surface area contributed by atoms with Gasteiger partial charge in [0, 0.05) is 44.2 Å². The van der Waals surface area contributed by atoms with Gasteiger partial charge in [-0.2, -0.15) is 0 Å². The van der Waals surface area contributed by atoms with E-state index in [-0.39, 0.29) is 11.8 Å². The molecule has 0 saturated heterocycles. The summed E-state index contributed by atoms with van der Waals surface area (Å²) in [5.74, 6) is 1.54. The average molecular weight is 460 g/mol. The maximum Gasteiger partial charge on any atom is 0.226 e. The van der Waals surface area contributed by atoms with E-state index in [0.29, 0.717) is 61.8 Å². The number of ether oxygens (including phenoxy) is 2. The molecule has 1 aliphatic rings. The zero-order chi connectivity index (χ0) is 23.1. The van der Waals surface area contributed by atoms with Crippen molar-refractivity contribution >= 4 is 23.2 Å². The molecule has 1 amide bonds. The number of carbonyl (C=O) groups excluding carboxylic acids is 1. The summed E-state index contributed by atoms with van der Waals surface area (Å²) in [6, 6.07) is 11.6. The van der Waals surface area contributed by atoms with Gasteiger partial charge >= 0.3 is 0 Å². The number of fused-ring (bicyclic) bond motifs is 1. The predicted molar refractivity (Wildman–Crippen MR) is 129 cm³/mol. The highest BCUT2D eigenvalue weighted by molar-refractivity contribution is 6.32. The molecule has 3 N–H and O–H groups in total. The van der Waals surface area contributed by atoms with Gasteiger partial charge in [0.05, 0.1) is 18.2 Å². The fourth-order valence-electron chi connectivity index (χ4n) is 3.80. The van der Waals surface area contributed by atoms with Crippen molar-refractivity contribution in [3.05, 3.63) is 52.5 Å². The second-order valence-electron chi connectivity index (χ2n) is 8.84. The van der Waals surface area contributed by atoms with Crippen LogP contribution in [0, 0.1) is 11.8 Å². The first-order valence-electron chi connectivity index (χ1n) is 11.3. The molecule has 7 heteroatoms. The van der Waals surface area contributed by atoms with Gasteiger partial charge in [-0.15, -0.1) is 0 Å². The number of amides is 1. The summed E-state index contributed by atoms with van der Waals surface area (Å²) in [6.45, 7) is 9.78. The van der Waals surface area contributed by atoms with Crippen LogP contribution in [0.1, 0.15) is 38.3 Å². The number of benzene rings is 2. The van der Waals surface area contributed by atoms with Crippen LogP contribution < -0.4 is 20.5 Å². The molecule has 2 aromatic rings. The molecule has 2 aromatic carbocycles. The molecule has 3 rings (SSSR count). The third-order valence-electron chi connectivity index (χ3n) is 5.28. The summed E-state index contributed by atoms with van der Waals surface area (Å²) in [5.41, 5.74) is 8.63. The van der Waals surface area contributed by atoms with Gasteiger partial charge < -0.3 is 25.4 Å². The predicted octanol–water partition coefficient (Wildman–Crippen LogP) is 4.49. The lowest BCUT2D eigenvalue weighted by Crippen LogP contribution is -2.40. The van der Waals surface area contributed by atoms with Crippen LogP contribution in [0.15, 0.2) is 36.4 Å². The maximum atomic E-state index is 13.3. The molecule has 1 atom stereocenters. The number of hydrogen-bond donors (Lipinski definition) is 2. The van der Waals surface area contributed by atoms with Crippen molar-refractivity contribution in [3.8, 4) is 11.5 Å². The molecule has 0 radical (unpaired) electrons. The fraction of sp³-hybridized carbons (Fsp3) is 0.480. The number of rotatable bonds is 9. The Morgan fingerprint density at radius 2 is 1.94 bits per heavy atom. The minimum Gasteiger partial charge on any atom is -0.489 e. The number of hydrogen-bond acceptors (Lipinski definition) is 5. The van der Waals surface area contributed by atoms with E-state index in [9.17, 15) is 4.79 Å². The minimum atomic E-state index is -0.161. The summed E-state index contributed by atoms with van der Waals surface area (Å²) in [5, 5.41) is 3.90. The summed E-state index contributed by atoms with van der Waals surface area (Å²) in [7, 11) is 0. The highest BCUT2D eigenvalue weighted by atomic mass is 35.5. The molecule has 1 unspecified atom stereocenters. The van der Waals surface area contributed by atoms with Crippen molar-refractivity contribution in [2.75, 3.05) is 32.0 Å². The van der Waals surface area contributed by atoms with Gasteiger partial charge in [-0.1, -0.05) is 44.5 Å². The van der Waals surface area contributed by atoms with Gasteiger partial charge in [0.25, 0.3) is 0 Å². The summed E-state index contributed by atoms with van der Waals surface area (Å²) >= 11 is 6.46. The SMILES string of the molecule is CC(C)CN(Cc1cc(Cl)c2c(c1)OCCCO2)C(=O)C(C)CNCc1cccc(N)c1. The Labute approximate surface area is 196 Å². The third kappa shape index (κ3) is 6.78. The van der Waals surface area contributed by atoms with E-state index in [0.717, 1.165) is 23.2 Å². The van der Waals surface area contributed by atoms with E-state index in [1.807, 2.05) is 48.2 Å². The van der Waals surface area contributed by atoms with Gasteiger partial charge in [0.15, 0.2) is 11.5 Å². The van der Waals surface area contributed by atoms with Gasteiger partial charge in [-0.25, -0.2) is 0 Å². The molecule has 0 saturated carbocycles. The molecule has 0 bridgehead atoms. The normalized spacial score (nSPS) is 14.2. The minimum absolute atomic E-state index is 0.113. The lowest BCUT2D eigenvalue weighted by atomic mass is 10.1. The van der Waals surface area contributed by atoms with Gasteiger partial charge in [-0.05, 0) is 41.3 Å². The number of anilines is 1. The second-order valence-corrected chi connectivity index (χ2v) is 9.25. The lowest BCUT2D eigenvalue weighted by Gasteiger charge is -2.28. The molecule has 0 aromatic heterocycles. The fourth-order valence-corrected chi connectivity index (χ4v) is 4.09. The molecular formula is C25H34ClN3O3. The van der Waals surface area contributed by atoms with Crippen molar-refractivity contribution < 1.29 is 14.3 Å². The molecule has 0 fully saturated rings. The van der Waals surface area contributed by atoms with Crippen LogP contribution in [0.2, 0.25) is 5.02 Å². The number of nitrogens with one attached hydrogen (secondary N) is 1. The van der Waals surface area contributed by atoms with Crippen molar-refractivity contribution in [3.63, 3.8) is 0 Å². The van der Waals surface area contributed by atoms with Gasteiger partial charge in [0.2, 0.25) is 5.91 Å². The Balaban J connectivity index is 1.65. The van der Waals surface area contributed by atoms with Gasteiger partial charge in [0.1, 0.15) is 0 Å².